The van der Waals surface area contributed by atoms with Crippen LogP contribution in [0.5, 0.6) is 0 Å². The first kappa shape index (κ1) is 17.4. The summed E-state index contributed by atoms with van der Waals surface area (Å²) in [5, 5.41) is 0.0908. The number of amides is 1. The Kier molecular flexibility index (Phi) is 6.80. The standard InChI is InChI=1S/C17H29N3OS/c1-4-6-10-19-13-9-18-16(19)15-7-11-20(12-8-15)17(21)14(3)22-5-2/h9,13-15H,4-8,10-12H2,1-3H3. The molecule has 2 rings (SSSR count). The van der Waals surface area contributed by atoms with Crippen molar-refractivity contribution in [3.05, 3.63) is 18.2 Å². The summed E-state index contributed by atoms with van der Waals surface area (Å²) in [4.78, 5) is 19.0. The number of thioether (sulfide) groups is 1. The van der Waals surface area contributed by atoms with Crippen LogP contribution in [-0.2, 0) is 11.3 Å². The predicted molar refractivity (Wildman–Crippen MR) is 93.3 cm³/mol. The van der Waals surface area contributed by atoms with Gasteiger partial charge in [-0.1, -0.05) is 20.3 Å². The Labute approximate surface area is 138 Å². The lowest BCUT2D eigenvalue weighted by molar-refractivity contribution is -0.131. The van der Waals surface area contributed by atoms with Crippen molar-refractivity contribution < 1.29 is 4.79 Å². The zero-order chi connectivity index (χ0) is 15.9. The number of likely N-dealkylation sites (tertiary alicyclic amines) is 1. The van der Waals surface area contributed by atoms with Crippen LogP contribution in [-0.4, -0.2) is 44.5 Å². The number of aryl methyl sites for hydroxylation is 1. The molecule has 1 unspecified atom stereocenters. The Morgan fingerprint density at radius 1 is 1.41 bits per heavy atom. The van der Waals surface area contributed by atoms with Crippen LogP contribution in [0.4, 0.5) is 0 Å². The molecule has 0 spiro atoms. The maximum Gasteiger partial charge on any atom is 0.235 e. The third kappa shape index (κ3) is 4.28. The fourth-order valence-electron chi connectivity index (χ4n) is 3.13. The van der Waals surface area contributed by atoms with Crippen molar-refractivity contribution in [2.45, 2.75) is 64.2 Å². The number of unbranched alkanes of at least 4 members (excludes halogenated alkanes) is 1. The quantitative estimate of drug-likeness (QED) is 0.770. The molecule has 22 heavy (non-hydrogen) atoms. The Morgan fingerprint density at radius 2 is 2.14 bits per heavy atom. The first-order valence-corrected chi connectivity index (χ1v) is 9.63. The zero-order valence-electron chi connectivity index (χ0n) is 14.1. The van der Waals surface area contributed by atoms with E-state index in [0.717, 1.165) is 38.2 Å². The van der Waals surface area contributed by atoms with E-state index in [1.807, 2.05) is 18.0 Å². The molecule has 0 N–H and O–H groups in total. The molecule has 124 valence electrons. The maximum atomic E-state index is 12.4. The minimum absolute atomic E-state index is 0.0908. The number of carbonyl (C=O) groups is 1. The molecule has 1 atom stereocenters. The second-order valence-corrected chi connectivity index (χ2v) is 7.65. The molecule has 1 aromatic rings. The summed E-state index contributed by atoms with van der Waals surface area (Å²) in [5.41, 5.74) is 0. The van der Waals surface area contributed by atoms with Gasteiger partial charge in [0.15, 0.2) is 0 Å². The molecular formula is C17H29N3OS. The summed E-state index contributed by atoms with van der Waals surface area (Å²) in [7, 11) is 0. The van der Waals surface area contributed by atoms with Crippen molar-refractivity contribution in [1.29, 1.82) is 0 Å². The molecule has 0 aromatic carbocycles. The number of rotatable bonds is 7. The number of carbonyl (C=O) groups excluding carboxylic acids is 1. The van der Waals surface area contributed by atoms with Gasteiger partial charge in [0.2, 0.25) is 5.91 Å². The molecule has 5 heteroatoms. The van der Waals surface area contributed by atoms with Gasteiger partial charge in [0.05, 0.1) is 5.25 Å². The van der Waals surface area contributed by atoms with Crippen molar-refractivity contribution >= 4 is 17.7 Å². The number of nitrogens with zero attached hydrogens (tertiary/aromatic N) is 3. The van der Waals surface area contributed by atoms with Crippen molar-refractivity contribution in [2.24, 2.45) is 0 Å². The number of imidazole rings is 1. The molecule has 4 nitrogen and oxygen atoms in total. The molecule has 1 aliphatic heterocycles. The topological polar surface area (TPSA) is 38.1 Å². The molecule has 1 aliphatic rings. The third-order valence-corrected chi connectivity index (χ3v) is 5.47. The first-order valence-electron chi connectivity index (χ1n) is 8.58. The van der Waals surface area contributed by atoms with Gasteiger partial charge in [0.1, 0.15) is 5.82 Å². The highest BCUT2D eigenvalue weighted by Crippen LogP contribution is 2.28. The van der Waals surface area contributed by atoms with E-state index < -0.39 is 0 Å². The number of hydrogen-bond donors (Lipinski definition) is 0. The minimum atomic E-state index is 0.0908. The van der Waals surface area contributed by atoms with Crippen molar-refractivity contribution in [3.63, 3.8) is 0 Å². The highest BCUT2D eigenvalue weighted by atomic mass is 32.2. The van der Waals surface area contributed by atoms with Crippen molar-refractivity contribution in [1.82, 2.24) is 14.5 Å². The van der Waals surface area contributed by atoms with Gasteiger partial charge in [-0.25, -0.2) is 4.98 Å². The van der Waals surface area contributed by atoms with Gasteiger partial charge in [-0.05, 0) is 31.9 Å². The van der Waals surface area contributed by atoms with E-state index in [9.17, 15) is 4.79 Å². The molecule has 1 amide bonds. The van der Waals surface area contributed by atoms with Crippen LogP contribution in [0.2, 0.25) is 0 Å². The van der Waals surface area contributed by atoms with E-state index in [2.05, 4.69) is 29.6 Å². The lowest BCUT2D eigenvalue weighted by Gasteiger charge is -2.33. The van der Waals surface area contributed by atoms with Gasteiger partial charge in [-0.3, -0.25) is 4.79 Å². The Balaban J connectivity index is 1.89. The summed E-state index contributed by atoms with van der Waals surface area (Å²) >= 11 is 1.74. The molecule has 1 saturated heterocycles. The molecule has 0 radical (unpaired) electrons. The third-order valence-electron chi connectivity index (χ3n) is 4.44. The Hall–Kier alpha value is -0.970. The van der Waals surface area contributed by atoms with E-state index in [1.54, 1.807) is 11.8 Å². The Morgan fingerprint density at radius 3 is 2.77 bits per heavy atom. The van der Waals surface area contributed by atoms with Crippen molar-refractivity contribution in [2.75, 3.05) is 18.8 Å². The van der Waals surface area contributed by atoms with E-state index in [0.29, 0.717) is 11.8 Å². The van der Waals surface area contributed by atoms with Gasteiger partial charge in [-0.15, -0.1) is 11.8 Å². The highest BCUT2D eigenvalue weighted by Gasteiger charge is 2.28. The van der Waals surface area contributed by atoms with E-state index in [4.69, 9.17) is 0 Å². The zero-order valence-corrected chi connectivity index (χ0v) is 14.9. The average molecular weight is 324 g/mol. The summed E-state index contributed by atoms with van der Waals surface area (Å²) in [6.45, 7) is 9.17. The van der Waals surface area contributed by atoms with Crippen LogP contribution in [0.15, 0.2) is 12.4 Å². The van der Waals surface area contributed by atoms with Crippen LogP contribution in [0, 0.1) is 0 Å². The number of piperidine rings is 1. The highest BCUT2D eigenvalue weighted by molar-refractivity contribution is 8.00. The van der Waals surface area contributed by atoms with E-state index in [-0.39, 0.29) is 5.25 Å². The fourth-order valence-corrected chi connectivity index (χ4v) is 3.93. The second-order valence-electron chi connectivity index (χ2n) is 6.03. The molecular weight excluding hydrogens is 294 g/mol. The van der Waals surface area contributed by atoms with Crippen LogP contribution in [0.25, 0.3) is 0 Å². The number of aromatic nitrogens is 2. The average Bonchev–Trinajstić information content (AvgIpc) is 3.01. The number of hydrogen-bond acceptors (Lipinski definition) is 3. The summed E-state index contributed by atoms with van der Waals surface area (Å²) in [6.07, 6.45) is 8.51. The van der Waals surface area contributed by atoms with Crippen LogP contribution < -0.4 is 0 Å². The smallest absolute Gasteiger partial charge is 0.235 e. The molecule has 0 saturated carbocycles. The fraction of sp³-hybridized carbons (Fsp3) is 0.765. The summed E-state index contributed by atoms with van der Waals surface area (Å²) in [6, 6.07) is 0. The normalized spacial score (nSPS) is 17.7. The Bertz CT molecular complexity index is 466. The second kappa shape index (κ2) is 8.61. The van der Waals surface area contributed by atoms with Gasteiger partial charge in [-0.2, -0.15) is 0 Å². The monoisotopic (exact) mass is 323 g/mol. The van der Waals surface area contributed by atoms with Gasteiger partial charge < -0.3 is 9.47 Å². The van der Waals surface area contributed by atoms with Gasteiger partial charge in [0, 0.05) is 37.9 Å². The van der Waals surface area contributed by atoms with Crippen LogP contribution in [0.3, 0.4) is 0 Å². The first-order chi connectivity index (χ1) is 10.7. The lowest BCUT2D eigenvalue weighted by Crippen LogP contribution is -2.42. The van der Waals surface area contributed by atoms with Gasteiger partial charge >= 0.3 is 0 Å². The molecule has 0 aliphatic carbocycles. The maximum absolute atomic E-state index is 12.4. The molecule has 2 heterocycles. The van der Waals surface area contributed by atoms with E-state index in [1.165, 1.54) is 18.7 Å². The van der Waals surface area contributed by atoms with Gasteiger partial charge in [0.25, 0.3) is 0 Å². The van der Waals surface area contributed by atoms with Crippen molar-refractivity contribution in [3.8, 4) is 0 Å². The van der Waals surface area contributed by atoms with E-state index >= 15 is 0 Å². The van der Waals surface area contributed by atoms with Crippen LogP contribution >= 0.6 is 11.8 Å². The van der Waals surface area contributed by atoms with Crippen LogP contribution in [0.1, 0.15) is 58.2 Å². The summed E-state index contributed by atoms with van der Waals surface area (Å²) in [5.74, 6) is 3.03. The molecule has 1 fully saturated rings. The largest absolute Gasteiger partial charge is 0.342 e. The lowest BCUT2D eigenvalue weighted by atomic mass is 9.95. The summed E-state index contributed by atoms with van der Waals surface area (Å²) < 4.78 is 2.31. The minimum Gasteiger partial charge on any atom is -0.342 e. The SMILES string of the molecule is CCCCn1ccnc1C1CCN(C(=O)C(C)SCC)CC1. The molecule has 1 aromatic heterocycles. The molecule has 0 bridgehead atoms. The predicted octanol–water partition coefficient (Wildman–Crippen LogP) is 3.53.